The van der Waals surface area contributed by atoms with Crippen LogP contribution in [0.15, 0.2) is 35.6 Å². The van der Waals surface area contributed by atoms with Crippen LogP contribution in [-0.2, 0) is 23.1 Å². The maximum atomic E-state index is 12.8. The molecule has 0 N–H and O–H groups in total. The SMILES string of the molecule is COc1ccc(S(=O)(=O)N2Cc3cncnc3C2)c(C)c1. The Hall–Kier alpha value is -1.99. The standard InChI is InChI=1S/C14H15N3O3S/c1-10-5-12(20-2)3-4-14(10)21(18,19)17-7-11-6-15-9-16-13(11)8-17/h3-6,9H,7-8H2,1-2H3. The number of hydrogen-bond acceptors (Lipinski definition) is 5. The van der Waals surface area contributed by atoms with E-state index in [1.54, 1.807) is 38.4 Å². The van der Waals surface area contributed by atoms with E-state index in [2.05, 4.69) is 9.97 Å². The van der Waals surface area contributed by atoms with E-state index in [0.717, 1.165) is 11.3 Å². The Kier molecular flexibility index (Phi) is 3.38. The summed E-state index contributed by atoms with van der Waals surface area (Å²) in [6.45, 7) is 2.36. The van der Waals surface area contributed by atoms with Gasteiger partial charge in [-0.2, -0.15) is 4.31 Å². The summed E-state index contributed by atoms with van der Waals surface area (Å²) in [5, 5.41) is 0. The molecule has 0 atom stereocenters. The van der Waals surface area contributed by atoms with Crippen molar-refractivity contribution in [3.63, 3.8) is 0 Å². The number of rotatable bonds is 3. The molecular weight excluding hydrogens is 290 g/mol. The van der Waals surface area contributed by atoms with Crippen molar-refractivity contribution in [2.45, 2.75) is 24.9 Å². The maximum Gasteiger partial charge on any atom is 0.244 e. The Labute approximate surface area is 123 Å². The van der Waals surface area contributed by atoms with Crippen molar-refractivity contribution in [1.82, 2.24) is 14.3 Å². The molecule has 21 heavy (non-hydrogen) atoms. The van der Waals surface area contributed by atoms with E-state index >= 15 is 0 Å². The third-order valence-corrected chi connectivity index (χ3v) is 5.51. The minimum atomic E-state index is -3.55. The van der Waals surface area contributed by atoms with Gasteiger partial charge >= 0.3 is 0 Å². The largest absolute Gasteiger partial charge is 0.497 e. The Balaban J connectivity index is 1.96. The lowest BCUT2D eigenvalue weighted by Gasteiger charge is -2.17. The Bertz CT molecular complexity index is 765. The second kappa shape index (κ2) is 5.09. The van der Waals surface area contributed by atoms with Gasteiger partial charge in [0.05, 0.1) is 24.2 Å². The number of ether oxygens (including phenoxy) is 1. The molecule has 2 aromatic rings. The van der Waals surface area contributed by atoms with Crippen molar-refractivity contribution in [1.29, 1.82) is 0 Å². The summed E-state index contributed by atoms with van der Waals surface area (Å²) in [6.07, 6.45) is 3.10. The Morgan fingerprint density at radius 1 is 1.29 bits per heavy atom. The molecule has 1 aromatic heterocycles. The minimum absolute atomic E-state index is 0.283. The van der Waals surface area contributed by atoms with Crippen LogP contribution in [0.1, 0.15) is 16.8 Å². The quantitative estimate of drug-likeness (QED) is 0.859. The van der Waals surface area contributed by atoms with Gasteiger partial charge in [-0.25, -0.2) is 18.4 Å². The lowest BCUT2D eigenvalue weighted by molar-refractivity contribution is 0.413. The van der Waals surface area contributed by atoms with Crippen LogP contribution in [0.5, 0.6) is 5.75 Å². The van der Waals surface area contributed by atoms with Crippen molar-refractivity contribution in [3.05, 3.63) is 47.5 Å². The predicted octanol–water partition coefficient (Wildman–Crippen LogP) is 1.50. The molecule has 0 aliphatic carbocycles. The monoisotopic (exact) mass is 305 g/mol. The van der Waals surface area contributed by atoms with Gasteiger partial charge in [0.1, 0.15) is 12.1 Å². The Morgan fingerprint density at radius 3 is 2.76 bits per heavy atom. The third kappa shape index (κ3) is 2.38. The number of nitrogens with zero attached hydrogens (tertiary/aromatic N) is 3. The topological polar surface area (TPSA) is 72.4 Å². The number of fused-ring (bicyclic) bond motifs is 1. The molecule has 0 fully saturated rings. The summed E-state index contributed by atoms with van der Waals surface area (Å²) in [7, 11) is -2.00. The molecule has 0 saturated heterocycles. The van der Waals surface area contributed by atoms with Gasteiger partial charge in [-0.15, -0.1) is 0 Å². The van der Waals surface area contributed by atoms with E-state index in [-0.39, 0.29) is 6.54 Å². The molecule has 0 amide bonds. The van der Waals surface area contributed by atoms with Crippen LogP contribution in [0.3, 0.4) is 0 Å². The zero-order chi connectivity index (χ0) is 15.0. The first-order valence-electron chi connectivity index (χ1n) is 6.45. The van der Waals surface area contributed by atoms with Crippen LogP contribution < -0.4 is 4.74 Å². The predicted molar refractivity (Wildman–Crippen MR) is 76.2 cm³/mol. The first-order valence-corrected chi connectivity index (χ1v) is 7.89. The van der Waals surface area contributed by atoms with Crippen LogP contribution in [0.2, 0.25) is 0 Å². The van der Waals surface area contributed by atoms with E-state index in [0.29, 0.717) is 22.8 Å². The summed E-state index contributed by atoms with van der Waals surface area (Å²) in [6, 6.07) is 4.96. The number of hydrogen-bond donors (Lipinski definition) is 0. The van der Waals surface area contributed by atoms with Crippen LogP contribution in [0.25, 0.3) is 0 Å². The average molecular weight is 305 g/mol. The highest BCUT2D eigenvalue weighted by Crippen LogP contribution is 2.29. The first kappa shape index (κ1) is 14.0. The second-order valence-corrected chi connectivity index (χ2v) is 6.81. The molecule has 0 saturated carbocycles. The summed E-state index contributed by atoms with van der Waals surface area (Å²) in [4.78, 5) is 8.36. The van der Waals surface area contributed by atoms with Crippen LogP contribution in [0, 0.1) is 6.92 Å². The van der Waals surface area contributed by atoms with Crippen LogP contribution in [0.4, 0.5) is 0 Å². The fourth-order valence-electron chi connectivity index (χ4n) is 2.42. The van der Waals surface area contributed by atoms with Gasteiger partial charge in [0, 0.05) is 18.3 Å². The van der Waals surface area contributed by atoms with Crippen LogP contribution >= 0.6 is 0 Å². The third-order valence-electron chi connectivity index (χ3n) is 3.55. The summed E-state index contributed by atoms with van der Waals surface area (Å²) < 4.78 is 32.1. The van der Waals surface area contributed by atoms with Gasteiger partial charge in [0.25, 0.3) is 0 Å². The molecule has 2 heterocycles. The van der Waals surface area contributed by atoms with Crippen molar-refractivity contribution in [3.8, 4) is 5.75 Å². The highest BCUT2D eigenvalue weighted by molar-refractivity contribution is 7.89. The molecule has 1 aliphatic heterocycles. The van der Waals surface area contributed by atoms with Gasteiger partial charge in [-0.1, -0.05) is 0 Å². The van der Waals surface area contributed by atoms with Crippen LogP contribution in [-0.4, -0.2) is 29.8 Å². The summed E-state index contributed by atoms with van der Waals surface area (Å²) in [5.41, 5.74) is 2.28. The second-order valence-electron chi connectivity index (χ2n) is 4.90. The molecule has 110 valence electrons. The molecule has 1 aliphatic rings. The molecule has 0 spiro atoms. The van der Waals surface area contributed by atoms with Crippen molar-refractivity contribution in [2.24, 2.45) is 0 Å². The molecule has 0 bridgehead atoms. The summed E-state index contributed by atoms with van der Waals surface area (Å²) >= 11 is 0. The first-order chi connectivity index (χ1) is 10.0. The number of benzene rings is 1. The summed E-state index contributed by atoms with van der Waals surface area (Å²) in [5.74, 6) is 0.641. The van der Waals surface area contributed by atoms with E-state index in [1.807, 2.05) is 0 Å². The lowest BCUT2D eigenvalue weighted by Crippen LogP contribution is -2.26. The molecule has 0 radical (unpaired) electrons. The minimum Gasteiger partial charge on any atom is -0.497 e. The number of methoxy groups -OCH3 is 1. The van der Waals surface area contributed by atoms with Crippen molar-refractivity contribution < 1.29 is 13.2 Å². The molecule has 3 rings (SSSR count). The van der Waals surface area contributed by atoms with E-state index in [4.69, 9.17) is 4.74 Å². The highest BCUT2D eigenvalue weighted by atomic mass is 32.2. The smallest absolute Gasteiger partial charge is 0.244 e. The fraction of sp³-hybridized carbons (Fsp3) is 0.286. The molecule has 0 unspecified atom stereocenters. The number of aryl methyl sites for hydroxylation is 1. The molecule has 1 aromatic carbocycles. The van der Waals surface area contributed by atoms with E-state index in [1.165, 1.54) is 10.6 Å². The van der Waals surface area contributed by atoms with Gasteiger partial charge in [0.15, 0.2) is 0 Å². The van der Waals surface area contributed by atoms with E-state index < -0.39 is 10.0 Å². The van der Waals surface area contributed by atoms with Gasteiger partial charge in [0.2, 0.25) is 10.0 Å². The number of aromatic nitrogens is 2. The normalized spacial score (nSPS) is 15.0. The zero-order valence-corrected chi connectivity index (χ0v) is 12.6. The molecule has 7 heteroatoms. The lowest BCUT2D eigenvalue weighted by atomic mass is 10.2. The molecular formula is C14H15N3O3S. The zero-order valence-electron chi connectivity index (χ0n) is 11.8. The highest BCUT2D eigenvalue weighted by Gasteiger charge is 2.32. The van der Waals surface area contributed by atoms with Crippen molar-refractivity contribution in [2.75, 3.05) is 7.11 Å². The van der Waals surface area contributed by atoms with E-state index in [9.17, 15) is 8.42 Å². The average Bonchev–Trinajstić information content (AvgIpc) is 2.91. The molecule has 6 nitrogen and oxygen atoms in total. The van der Waals surface area contributed by atoms with Gasteiger partial charge < -0.3 is 4.74 Å². The Morgan fingerprint density at radius 2 is 2.10 bits per heavy atom. The van der Waals surface area contributed by atoms with Crippen molar-refractivity contribution >= 4 is 10.0 Å². The van der Waals surface area contributed by atoms with Gasteiger partial charge in [-0.3, -0.25) is 0 Å². The fourth-order valence-corrected chi connectivity index (χ4v) is 4.00. The van der Waals surface area contributed by atoms with Gasteiger partial charge in [-0.05, 0) is 30.7 Å². The maximum absolute atomic E-state index is 12.8. The number of sulfonamides is 1.